The number of carbonyl (C=O) groups excluding carboxylic acids is 3. The van der Waals surface area contributed by atoms with Gasteiger partial charge in [0.15, 0.2) is 0 Å². The molecule has 8 nitrogen and oxygen atoms in total. The zero-order valence-corrected chi connectivity index (χ0v) is 21.2. The number of hydrogen-bond acceptors (Lipinski definition) is 5. The Morgan fingerprint density at radius 1 is 1.11 bits per heavy atom. The Balaban J connectivity index is 1.65. The first-order valence-electron chi connectivity index (χ1n) is 12.8. The fourth-order valence-corrected chi connectivity index (χ4v) is 4.84. The topological polar surface area (TPSA) is 108 Å². The van der Waals surface area contributed by atoms with Gasteiger partial charge in [0.05, 0.1) is 11.7 Å². The Kier molecular flexibility index (Phi) is 9.63. The van der Waals surface area contributed by atoms with Gasteiger partial charge in [0.25, 0.3) is 0 Å². The molecule has 3 rings (SSSR count). The lowest BCUT2D eigenvalue weighted by Crippen LogP contribution is -2.54. The number of nitrogens with two attached hydrogens (primary N) is 1. The van der Waals surface area contributed by atoms with E-state index in [9.17, 15) is 18.8 Å². The van der Waals surface area contributed by atoms with Crippen LogP contribution in [0, 0.1) is 17.7 Å². The minimum absolute atomic E-state index is 0.0675. The van der Waals surface area contributed by atoms with Crippen LogP contribution in [0.4, 0.5) is 10.1 Å². The highest BCUT2D eigenvalue weighted by atomic mass is 19.1. The van der Waals surface area contributed by atoms with Crippen molar-refractivity contribution in [2.75, 3.05) is 38.5 Å². The molecule has 0 spiro atoms. The van der Waals surface area contributed by atoms with E-state index in [-0.39, 0.29) is 42.2 Å². The molecule has 1 aromatic carbocycles. The molecule has 1 aliphatic carbocycles. The summed E-state index contributed by atoms with van der Waals surface area (Å²) in [7, 11) is 2.00. The molecular weight excluding hydrogens is 449 g/mol. The molecule has 1 aromatic rings. The molecule has 0 radical (unpaired) electrons. The molecule has 0 aromatic heterocycles. The van der Waals surface area contributed by atoms with Crippen molar-refractivity contribution in [3.63, 3.8) is 0 Å². The van der Waals surface area contributed by atoms with Gasteiger partial charge in [-0.05, 0) is 49.4 Å². The zero-order chi connectivity index (χ0) is 25.5. The third kappa shape index (κ3) is 7.48. The fraction of sp³-hybridized carbons (Fsp3) is 0.654. The number of hydrogen-bond donors (Lipinski definition) is 3. The highest BCUT2D eigenvalue weighted by molar-refractivity contribution is 5.95. The van der Waals surface area contributed by atoms with Gasteiger partial charge in [-0.3, -0.25) is 14.4 Å². The predicted octanol–water partition coefficient (Wildman–Crippen LogP) is 2.13. The predicted molar refractivity (Wildman–Crippen MR) is 134 cm³/mol. The summed E-state index contributed by atoms with van der Waals surface area (Å²) < 4.78 is 14.9. The Morgan fingerprint density at radius 2 is 1.77 bits per heavy atom. The standard InChI is InChI=1S/C26H40FN5O3/c1-4-23(33)29-22(26(35)32-13-11-31(3)12-14-32)16-18-7-10-21(20(27)15-18)30-25(34)24(28)19-8-5-17(2)6-9-19/h7,10,15,17,19,22,24H,4-6,8-9,11-14,16,28H2,1-3H3,(H,29,33)(H,30,34)/t17-,19-,22-,24+/m1/s1. The number of rotatable bonds is 8. The summed E-state index contributed by atoms with van der Waals surface area (Å²) in [5.41, 5.74) is 6.82. The van der Waals surface area contributed by atoms with E-state index in [1.807, 2.05) is 7.05 Å². The average Bonchev–Trinajstić information content (AvgIpc) is 2.85. The van der Waals surface area contributed by atoms with Crippen LogP contribution in [-0.2, 0) is 20.8 Å². The number of anilines is 1. The van der Waals surface area contributed by atoms with E-state index in [0.29, 0.717) is 24.6 Å². The highest BCUT2D eigenvalue weighted by Crippen LogP contribution is 2.30. The summed E-state index contributed by atoms with van der Waals surface area (Å²) >= 11 is 0. The third-order valence-corrected chi connectivity index (χ3v) is 7.37. The van der Waals surface area contributed by atoms with Crippen LogP contribution < -0.4 is 16.4 Å². The van der Waals surface area contributed by atoms with Gasteiger partial charge < -0.3 is 26.2 Å². The number of carbonyl (C=O) groups is 3. The van der Waals surface area contributed by atoms with Crippen molar-refractivity contribution < 1.29 is 18.8 Å². The SMILES string of the molecule is CCC(=O)N[C@H](Cc1ccc(NC(=O)[C@@H](N)[C@H]2CC[C@H](C)CC2)c(F)c1)C(=O)N1CCN(C)CC1. The molecule has 1 heterocycles. The lowest BCUT2D eigenvalue weighted by atomic mass is 9.79. The maximum atomic E-state index is 14.9. The van der Waals surface area contributed by atoms with Crippen LogP contribution in [0.2, 0.25) is 0 Å². The van der Waals surface area contributed by atoms with E-state index >= 15 is 0 Å². The van der Waals surface area contributed by atoms with Crippen molar-refractivity contribution in [2.45, 2.75) is 64.5 Å². The van der Waals surface area contributed by atoms with Crippen LogP contribution in [-0.4, -0.2) is 72.8 Å². The molecule has 3 amide bonds. The summed E-state index contributed by atoms with van der Waals surface area (Å²) in [4.78, 5) is 41.8. The van der Waals surface area contributed by atoms with Crippen molar-refractivity contribution in [1.29, 1.82) is 0 Å². The maximum absolute atomic E-state index is 14.9. The molecule has 1 aliphatic heterocycles. The number of likely N-dealkylation sites (N-methyl/N-ethyl adjacent to an activating group) is 1. The quantitative estimate of drug-likeness (QED) is 0.519. The van der Waals surface area contributed by atoms with Crippen molar-refractivity contribution in [2.24, 2.45) is 17.6 Å². The van der Waals surface area contributed by atoms with Gasteiger partial charge >= 0.3 is 0 Å². The molecule has 4 N–H and O–H groups in total. The number of piperazine rings is 1. The molecule has 194 valence electrons. The van der Waals surface area contributed by atoms with Gasteiger partial charge in [0, 0.05) is 39.0 Å². The number of nitrogens with zero attached hydrogens (tertiary/aromatic N) is 2. The summed E-state index contributed by atoms with van der Waals surface area (Å²) in [6, 6.07) is 3.04. The minimum Gasteiger partial charge on any atom is -0.344 e. The lowest BCUT2D eigenvalue weighted by Gasteiger charge is -2.34. The fourth-order valence-electron chi connectivity index (χ4n) is 4.84. The van der Waals surface area contributed by atoms with Gasteiger partial charge in [-0.1, -0.05) is 32.8 Å². The second-order valence-corrected chi connectivity index (χ2v) is 10.2. The van der Waals surface area contributed by atoms with Gasteiger partial charge in [0.2, 0.25) is 17.7 Å². The molecule has 0 bridgehead atoms. The van der Waals surface area contributed by atoms with Gasteiger partial charge in [-0.2, -0.15) is 0 Å². The second-order valence-electron chi connectivity index (χ2n) is 10.2. The first-order chi connectivity index (χ1) is 16.7. The van der Waals surface area contributed by atoms with Crippen LogP contribution in [0.25, 0.3) is 0 Å². The van der Waals surface area contributed by atoms with Crippen LogP contribution in [0.1, 0.15) is 51.5 Å². The lowest BCUT2D eigenvalue weighted by molar-refractivity contribution is -0.137. The summed E-state index contributed by atoms with van der Waals surface area (Å²) in [6.45, 7) is 6.65. The first-order valence-corrected chi connectivity index (χ1v) is 12.8. The molecule has 0 unspecified atom stereocenters. The van der Waals surface area contributed by atoms with Crippen molar-refractivity contribution >= 4 is 23.4 Å². The molecule has 2 aliphatic rings. The molecule has 2 atom stereocenters. The molecular formula is C26H40FN5O3. The molecule has 2 fully saturated rings. The zero-order valence-electron chi connectivity index (χ0n) is 21.2. The van der Waals surface area contributed by atoms with Gasteiger partial charge in [0.1, 0.15) is 11.9 Å². The number of benzene rings is 1. The van der Waals surface area contributed by atoms with Gasteiger partial charge in [-0.25, -0.2) is 4.39 Å². The Morgan fingerprint density at radius 3 is 2.37 bits per heavy atom. The van der Waals surface area contributed by atoms with Crippen LogP contribution in [0.5, 0.6) is 0 Å². The second kappa shape index (κ2) is 12.4. The van der Waals surface area contributed by atoms with Crippen LogP contribution >= 0.6 is 0 Å². The smallest absolute Gasteiger partial charge is 0.245 e. The van der Waals surface area contributed by atoms with Crippen LogP contribution in [0.3, 0.4) is 0 Å². The Labute approximate surface area is 207 Å². The summed E-state index contributed by atoms with van der Waals surface area (Å²) in [6.07, 6.45) is 4.34. The van der Waals surface area contributed by atoms with E-state index in [1.165, 1.54) is 12.1 Å². The number of nitrogens with one attached hydrogen (secondary N) is 2. The average molecular weight is 490 g/mol. The van der Waals surface area contributed by atoms with Crippen molar-refractivity contribution in [3.8, 4) is 0 Å². The van der Waals surface area contributed by atoms with E-state index in [2.05, 4.69) is 22.5 Å². The van der Waals surface area contributed by atoms with E-state index in [4.69, 9.17) is 5.73 Å². The molecule has 1 saturated carbocycles. The Bertz CT molecular complexity index is 895. The van der Waals surface area contributed by atoms with Gasteiger partial charge in [-0.15, -0.1) is 0 Å². The minimum atomic E-state index is -0.771. The van der Waals surface area contributed by atoms with E-state index in [1.54, 1.807) is 17.9 Å². The first kappa shape index (κ1) is 27.1. The molecule has 1 saturated heterocycles. The molecule has 35 heavy (non-hydrogen) atoms. The third-order valence-electron chi connectivity index (χ3n) is 7.37. The largest absolute Gasteiger partial charge is 0.344 e. The van der Waals surface area contributed by atoms with E-state index in [0.717, 1.165) is 38.8 Å². The van der Waals surface area contributed by atoms with E-state index < -0.39 is 17.9 Å². The van der Waals surface area contributed by atoms with Crippen molar-refractivity contribution in [3.05, 3.63) is 29.6 Å². The number of halogens is 1. The van der Waals surface area contributed by atoms with Crippen molar-refractivity contribution in [1.82, 2.24) is 15.1 Å². The normalized spacial score (nSPS) is 22.8. The Hall–Kier alpha value is -2.52. The molecule has 9 heteroatoms. The summed E-state index contributed by atoms with van der Waals surface area (Å²) in [5.74, 6) is -0.599. The number of amides is 3. The van der Waals surface area contributed by atoms with Crippen LogP contribution in [0.15, 0.2) is 18.2 Å². The summed E-state index contributed by atoms with van der Waals surface area (Å²) in [5, 5.41) is 5.42. The highest BCUT2D eigenvalue weighted by Gasteiger charge is 2.30. The monoisotopic (exact) mass is 489 g/mol. The maximum Gasteiger partial charge on any atom is 0.245 e.